The van der Waals surface area contributed by atoms with Gasteiger partial charge >= 0.3 is 0 Å². The fourth-order valence-electron chi connectivity index (χ4n) is 1.73. The van der Waals surface area contributed by atoms with Crippen molar-refractivity contribution in [1.29, 1.82) is 0 Å². The van der Waals surface area contributed by atoms with E-state index in [0.717, 1.165) is 0 Å². The van der Waals surface area contributed by atoms with Gasteiger partial charge in [-0.15, -0.1) is 0 Å². The van der Waals surface area contributed by atoms with Crippen LogP contribution in [0.15, 0.2) is 40.8 Å². The number of hydrogen-bond donors (Lipinski definition) is 2. The van der Waals surface area contributed by atoms with Crippen molar-refractivity contribution in [2.45, 2.75) is 13.0 Å². The van der Waals surface area contributed by atoms with Crippen LogP contribution in [0.1, 0.15) is 27.9 Å². The Morgan fingerprint density at radius 3 is 2.35 bits per heavy atom. The summed E-state index contributed by atoms with van der Waals surface area (Å²) in [5.41, 5.74) is 5.88. The van der Waals surface area contributed by atoms with E-state index < -0.39 is 17.9 Å². The van der Waals surface area contributed by atoms with Crippen molar-refractivity contribution < 1.29 is 14.0 Å². The second-order valence-corrected chi connectivity index (χ2v) is 4.71. The van der Waals surface area contributed by atoms with Crippen LogP contribution in [0.2, 0.25) is 5.02 Å². The molecule has 104 valence electrons. The largest absolute Gasteiger partial charge is 0.456 e. The van der Waals surface area contributed by atoms with Crippen LogP contribution in [0.25, 0.3) is 0 Å². The Kier molecular flexibility index (Phi) is 4.10. The van der Waals surface area contributed by atoms with Gasteiger partial charge in [0.1, 0.15) is 11.8 Å². The lowest BCUT2D eigenvalue weighted by atomic mass is 10.1. The molecule has 1 heterocycles. The summed E-state index contributed by atoms with van der Waals surface area (Å²) in [7, 11) is 0. The molecule has 0 saturated heterocycles. The zero-order valence-electron chi connectivity index (χ0n) is 10.7. The summed E-state index contributed by atoms with van der Waals surface area (Å²) in [4.78, 5) is 23.5. The van der Waals surface area contributed by atoms with Gasteiger partial charge in [0, 0.05) is 5.02 Å². The van der Waals surface area contributed by atoms with Gasteiger partial charge in [-0.1, -0.05) is 23.7 Å². The molecule has 1 aromatic carbocycles. The van der Waals surface area contributed by atoms with Crippen molar-refractivity contribution in [2.24, 2.45) is 5.73 Å². The van der Waals surface area contributed by atoms with Crippen LogP contribution in [-0.2, 0) is 4.79 Å². The number of furan rings is 1. The molecule has 0 unspecified atom stereocenters. The first-order valence-electron chi connectivity index (χ1n) is 5.89. The summed E-state index contributed by atoms with van der Waals surface area (Å²) in [5, 5.41) is 3.06. The number of carbonyl (C=O) groups excluding carboxylic acids is 2. The van der Waals surface area contributed by atoms with E-state index in [0.29, 0.717) is 16.3 Å². The highest BCUT2D eigenvalue weighted by molar-refractivity contribution is 6.30. The van der Waals surface area contributed by atoms with E-state index in [1.807, 2.05) is 0 Å². The lowest BCUT2D eigenvalue weighted by Crippen LogP contribution is -2.37. The topological polar surface area (TPSA) is 85.3 Å². The molecule has 0 radical (unpaired) electrons. The van der Waals surface area contributed by atoms with E-state index in [1.165, 1.54) is 6.07 Å². The third-order valence-electron chi connectivity index (χ3n) is 2.73. The number of aryl methyl sites for hydroxylation is 1. The summed E-state index contributed by atoms with van der Waals surface area (Å²) in [6, 6.07) is 8.76. The van der Waals surface area contributed by atoms with E-state index in [4.69, 9.17) is 21.8 Å². The smallest absolute Gasteiger partial charge is 0.287 e. The van der Waals surface area contributed by atoms with Crippen molar-refractivity contribution >= 4 is 23.4 Å². The van der Waals surface area contributed by atoms with E-state index in [9.17, 15) is 9.59 Å². The third-order valence-corrected chi connectivity index (χ3v) is 2.98. The highest BCUT2D eigenvalue weighted by Gasteiger charge is 2.22. The highest BCUT2D eigenvalue weighted by atomic mass is 35.5. The summed E-state index contributed by atoms with van der Waals surface area (Å²) >= 11 is 5.78. The van der Waals surface area contributed by atoms with E-state index in [-0.39, 0.29) is 5.76 Å². The maximum Gasteiger partial charge on any atom is 0.287 e. The minimum Gasteiger partial charge on any atom is -0.456 e. The van der Waals surface area contributed by atoms with Crippen molar-refractivity contribution in [3.05, 3.63) is 58.5 Å². The second-order valence-electron chi connectivity index (χ2n) is 4.27. The molecule has 0 spiro atoms. The number of hydrogen-bond acceptors (Lipinski definition) is 3. The van der Waals surface area contributed by atoms with Gasteiger partial charge in [0.15, 0.2) is 5.76 Å². The molecule has 2 aromatic rings. The lowest BCUT2D eigenvalue weighted by molar-refractivity contribution is -0.120. The molecular formula is C14H13ClN2O3. The van der Waals surface area contributed by atoms with Crippen LogP contribution in [-0.4, -0.2) is 11.8 Å². The van der Waals surface area contributed by atoms with Crippen LogP contribution < -0.4 is 11.1 Å². The number of rotatable bonds is 4. The first-order chi connectivity index (χ1) is 9.47. The van der Waals surface area contributed by atoms with Crippen LogP contribution in [0, 0.1) is 6.92 Å². The average molecular weight is 293 g/mol. The van der Waals surface area contributed by atoms with Gasteiger partial charge in [-0.25, -0.2) is 0 Å². The molecule has 0 aliphatic carbocycles. The Morgan fingerprint density at radius 2 is 1.85 bits per heavy atom. The molecule has 1 atom stereocenters. The molecule has 0 bridgehead atoms. The summed E-state index contributed by atoms with van der Waals surface area (Å²) in [6.07, 6.45) is 0. The second kappa shape index (κ2) is 5.79. The normalized spacial score (nSPS) is 11.9. The van der Waals surface area contributed by atoms with E-state index >= 15 is 0 Å². The molecule has 0 aliphatic rings. The molecule has 0 fully saturated rings. The summed E-state index contributed by atoms with van der Waals surface area (Å²) in [6.45, 7) is 1.72. The number of primary amides is 1. The minimum absolute atomic E-state index is 0.128. The van der Waals surface area contributed by atoms with Crippen molar-refractivity contribution in [3.63, 3.8) is 0 Å². The number of carbonyl (C=O) groups is 2. The monoisotopic (exact) mass is 292 g/mol. The van der Waals surface area contributed by atoms with Gasteiger partial charge in [0.2, 0.25) is 5.91 Å². The van der Waals surface area contributed by atoms with Crippen LogP contribution in [0.3, 0.4) is 0 Å². The SMILES string of the molecule is Cc1ccc(C(=O)N[C@H](C(N)=O)c2ccc(Cl)cc2)o1. The van der Waals surface area contributed by atoms with Crippen molar-refractivity contribution in [1.82, 2.24) is 5.32 Å². The Balaban J connectivity index is 2.20. The van der Waals surface area contributed by atoms with E-state index in [1.54, 1.807) is 37.3 Å². The maximum atomic E-state index is 12.0. The van der Waals surface area contributed by atoms with Gasteiger partial charge in [0.25, 0.3) is 5.91 Å². The molecular weight excluding hydrogens is 280 g/mol. The van der Waals surface area contributed by atoms with Crippen LogP contribution in [0.4, 0.5) is 0 Å². The van der Waals surface area contributed by atoms with Crippen molar-refractivity contribution in [3.8, 4) is 0 Å². The molecule has 3 N–H and O–H groups in total. The molecule has 0 aliphatic heterocycles. The highest BCUT2D eigenvalue weighted by Crippen LogP contribution is 2.17. The van der Waals surface area contributed by atoms with E-state index in [2.05, 4.69) is 5.32 Å². The predicted octanol–water partition coefficient (Wildman–Crippen LogP) is 2.20. The Hall–Kier alpha value is -2.27. The zero-order chi connectivity index (χ0) is 14.7. The van der Waals surface area contributed by atoms with Crippen molar-refractivity contribution in [2.75, 3.05) is 0 Å². The molecule has 20 heavy (non-hydrogen) atoms. The fraction of sp³-hybridized carbons (Fsp3) is 0.143. The quantitative estimate of drug-likeness (QED) is 0.906. The number of amides is 2. The third kappa shape index (κ3) is 3.19. The molecule has 6 heteroatoms. The summed E-state index contributed by atoms with van der Waals surface area (Å²) < 4.78 is 5.20. The average Bonchev–Trinajstić information content (AvgIpc) is 2.83. The Bertz CT molecular complexity index is 634. The number of halogens is 1. The first kappa shape index (κ1) is 14.1. The van der Waals surface area contributed by atoms with Crippen LogP contribution >= 0.6 is 11.6 Å². The maximum absolute atomic E-state index is 12.0. The molecule has 0 saturated carbocycles. The van der Waals surface area contributed by atoms with Gasteiger partial charge < -0.3 is 15.5 Å². The standard InChI is InChI=1S/C14H13ClN2O3/c1-8-2-7-11(20-8)14(19)17-12(13(16)18)9-3-5-10(15)6-4-9/h2-7,12H,1H3,(H2,16,18)(H,17,19)/t12-/m0/s1. The van der Waals surface area contributed by atoms with Gasteiger partial charge in [-0.2, -0.15) is 0 Å². The van der Waals surface area contributed by atoms with Gasteiger partial charge in [-0.3, -0.25) is 9.59 Å². The van der Waals surface area contributed by atoms with Gasteiger partial charge in [-0.05, 0) is 36.8 Å². The minimum atomic E-state index is -0.940. The Morgan fingerprint density at radius 1 is 1.20 bits per heavy atom. The lowest BCUT2D eigenvalue weighted by Gasteiger charge is -2.15. The number of nitrogens with one attached hydrogen (secondary N) is 1. The first-order valence-corrected chi connectivity index (χ1v) is 6.27. The number of nitrogens with two attached hydrogens (primary N) is 1. The molecule has 2 rings (SSSR count). The molecule has 5 nitrogen and oxygen atoms in total. The van der Waals surface area contributed by atoms with Gasteiger partial charge in [0.05, 0.1) is 0 Å². The predicted molar refractivity (Wildman–Crippen MR) is 74.3 cm³/mol. The zero-order valence-corrected chi connectivity index (χ0v) is 11.5. The Labute approximate surface area is 120 Å². The fourth-order valence-corrected chi connectivity index (χ4v) is 1.86. The molecule has 2 amide bonds. The van der Waals surface area contributed by atoms with Crippen LogP contribution in [0.5, 0.6) is 0 Å². The summed E-state index contributed by atoms with van der Waals surface area (Å²) in [5.74, 6) is -0.430. The molecule has 1 aromatic heterocycles. The number of benzene rings is 1.